The van der Waals surface area contributed by atoms with Gasteiger partial charge < -0.3 is 4.57 Å². The topological polar surface area (TPSA) is 4.93 Å². The van der Waals surface area contributed by atoms with Crippen molar-refractivity contribution in [3.05, 3.63) is 52.8 Å². The molecule has 0 atom stereocenters. The molecule has 65 valence electrons. The second-order valence-electron chi connectivity index (χ2n) is 2.61. The number of para-hydroxylation sites is 1. The third kappa shape index (κ3) is 1.71. The lowest BCUT2D eigenvalue weighted by molar-refractivity contribution is 1.07. The number of aromatic nitrogens is 1. The fourth-order valence-electron chi connectivity index (χ4n) is 1.12. The third-order valence-electron chi connectivity index (χ3n) is 1.71. The minimum Gasteiger partial charge on any atom is -0.312 e. The molecule has 0 N–H and O–H groups in total. The SMILES string of the molecule is Clc1c[c]n(-c2ccccc2Cl)c1. The van der Waals surface area contributed by atoms with Crippen LogP contribution in [0.1, 0.15) is 0 Å². The van der Waals surface area contributed by atoms with Crippen molar-refractivity contribution < 1.29 is 0 Å². The summed E-state index contributed by atoms with van der Waals surface area (Å²) in [6.07, 6.45) is 4.73. The first-order valence-electron chi connectivity index (χ1n) is 3.78. The highest BCUT2D eigenvalue weighted by atomic mass is 35.5. The zero-order chi connectivity index (χ0) is 9.26. The van der Waals surface area contributed by atoms with Gasteiger partial charge in [0.2, 0.25) is 0 Å². The van der Waals surface area contributed by atoms with E-state index in [1.807, 2.05) is 24.3 Å². The lowest BCUT2D eigenvalue weighted by Crippen LogP contribution is -1.89. The lowest BCUT2D eigenvalue weighted by atomic mass is 10.3. The Kier molecular flexibility index (Phi) is 2.30. The molecule has 1 aromatic heterocycles. The Hall–Kier alpha value is -0.920. The lowest BCUT2D eigenvalue weighted by Gasteiger charge is -2.03. The van der Waals surface area contributed by atoms with Crippen molar-refractivity contribution in [2.24, 2.45) is 0 Å². The second kappa shape index (κ2) is 3.44. The van der Waals surface area contributed by atoms with Gasteiger partial charge in [-0.05, 0) is 18.2 Å². The molecule has 0 aliphatic rings. The van der Waals surface area contributed by atoms with Gasteiger partial charge in [0.1, 0.15) is 0 Å². The van der Waals surface area contributed by atoms with E-state index in [1.54, 1.807) is 16.8 Å². The number of hydrogen-bond acceptors (Lipinski definition) is 0. The van der Waals surface area contributed by atoms with Gasteiger partial charge in [0.15, 0.2) is 0 Å². The number of benzene rings is 1. The first kappa shape index (κ1) is 8.67. The standard InChI is InChI=1S/C10H6Cl2N/c11-8-5-6-13(7-8)10-4-2-1-3-9(10)12/h1-5,7H. The minimum absolute atomic E-state index is 0.653. The van der Waals surface area contributed by atoms with Gasteiger partial charge in [0, 0.05) is 6.20 Å². The van der Waals surface area contributed by atoms with E-state index in [0.29, 0.717) is 10.0 Å². The van der Waals surface area contributed by atoms with Gasteiger partial charge in [-0.2, -0.15) is 0 Å². The monoisotopic (exact) mass is 210 g/mol. The quantitative estimate of drug-likeness (QED) is 0.679. The summed E-state index contributed by atoms with van der Waals surface area (Å²) in [6, 6.07) is 9.25. The molecule has 0 aliphatic heterocycles. The summed E-state index contributed by atoms with van der Waals surface area (Å²) in [5, 5.41) is 1.34. The Balaban J connectivity index is 2.52. The molecule has 13 heavy (non-hydrogen) atoms. The molecular weight excluding hydrogens is 205 g/mol. The van der Waals surface area contributed by atoms with Gasteiger partial charge in [0.05, 0.1) is 21.9 Å². The van der Waals surface area contributed by atoms with Gasteiger partial charge >= 0.3 is 0 Å². The summed E-state index contributed by atoms with van der Waals surface area (Å²) in [5.74, 6) is 0. The summed E-state index contributed by atoms with van der Waals surface area (Å²) < 4.78 is 1.77. The summed E-state index contributed by atoms with van der Waals surface area (Å²) in [5.41, 5.74) is 0.885. The average molecular weight is 211 g/mol. The minimum atomic E-state index is 0.653. The van der Waals surface area contributed by atoms with Crippen molar-refractivity contribution in [1.29, 1.82) is 0 Å². The normalized spacial score (nSPS) is 10.3. The predicted molar refractivity (Wildman–Crippen MR) is 54.6 cm³/mol. The summed E-state index contributed by atoms with van der Waals surface area (Å²) >= 11 is 11.8. The number of rotatable bonds is 1. The highest BCUT2D eigenvalue weighted by Gasteiger charge is 2.01. The molecule has 1 aromatic carbocycles. The van der Waals surface area contributed by atoms with Crippen LogP contribution in [0.15, 0.2) is 36.5 Å². The highest BCUT2D eigenvalue weighted by Crippen LogP contribution is 2.21. The highest BCUT2D eigenvalue weighted by molar-refractivity contribution is 6.32. The van der Waals surface area contributed by atoms with Gasteiger partial charge in [-0.25, -0.2) is 0 Å². The Morgan fingerprint density at radius 3 is 2.54 bits per heavy atom. The molecule has 0 amide bonds. The molecular formula is C10H6Cl2N. The molecule has 0 unspecified atom stereocenters. The molecule has 1 heterocycles. The maximum Gasteiger partial charge on any atom is 0.0713 e. The molecule has 0 fully saturated rings. The Morgan fingerprint density at radius 1 is 1.15 bits per heavy atom. The third-order valence-corrected chi connectivity index (χ3v) is 2.23. The van der Waals surface area contributed by atoms with Crippen LogP contribution in [0.4, 0.5) is 0 Å². The van der Waals surface area contributed by atoms with Crippen molar-refractivity contribution in [1.82, 2.24) is 4.57 Å². The Bertz CT molecular complexity index is 420. The number of halogens is 2. The fraction of sp³-hybridized carbons (Fsp3) is 0. The van der Waals surface area contributed by atoms with Crippen LogP contribution in [0.25, 0.3) is 5.69 Å². The van der Waals surface area contributed by atoms with Crippen molar-refractivity contribution >= 4 is 23.2 Å². The Morgan fingerprint density at radius 2 is 1.92 bits per heavy atom. The van der Waals surface area contributed by atoms with Gasteiger partial charge in [-0.3, -0.25) is 0 Å². The van der Waals surface area contributed by atoms with E-state index in [0.717, 1.165) is 5.69 Å². The average Bonchev–Trinajstić information content (AvgIpc) is 2.53. The van der Waals surface area contributed by atoms with Crippen LogP contribution in [0.2, 0.25) is 10.0 Å². The van der Waals surface area contributed by atoms with E-state index in [-0.39, 0.29) is 0 Å². The molecule has 2 rings (SSSR count). The van der Waals surface area contributed by atoms with Gasteiger partial charge in [-0.1, -0.05) is 35.3 Å². The van der Waals surface area contributed by atoms with E-state index >= 15 is 0 Å². The van der Waals surface area contributed by atoms with Gasteiger partial charge in [-0.15, -0.1) is 0 Å². The second-order valence-corrected chi connectivity index (χ2v) is 3.45. The van der Waals surface area contributed by atoms with Crippen LogP contribution in [-0.2, 0) is 0 Å². The van der Waals surface area contributed by atoms with Crippen LogP contribution < -0.4 is 0 Å². The first-order valence-corrected chi connectivity index (χ1v) is 4.53. The van der Waals surface area contributed by atoms with Gasteiger partial charge in [0.25, 0.3) is 0 Å². The van der Waals surface area contributed by atoms with Crippen LogP contribution in [-0.4, -0.2) is 4.57 Å². The molecule has 0 spiro atoms. The molecule has 1 radical (unpaired) electrons. The summed E-state index contributed by atoms with van der Waals surface area (Å²) in [6.45, 7) is 0. The molecule has 0 bridgehead atoms. The van der Waals surface area contributed by atoms with E-state index < -0.39 is 0 Å². The zero-order valence-corrected chi connectivity index (χ0v) is 8.18. The van der Waals surface area contributed by atoms with Crippen molar-refractivity contribution in [3.8, 4) is 5.69 Å². The van der Waals surface area contributed by atoms with Crippen LogP contribution >= 0.6 is 23.2 Å². The molecule has 2 aromatic rings. The Labute approximate surface area is 86.5 Å². The van der Waals surface area contributed by atoms with Crippen LogP contribution in [0.5, 0.6) is 0 Å². The maximum absolute atomic E-state index is 5.98. The number of hydrogen-bond donors (Lipinski definition) is 0. The van der Waals surface area contributed by atoms with Crippen molar-refractivity contribution in [2.45, 2.75) is 0 Å². The van der Waals surface area contributed by atoms with Crippen LogP contribution in [0, 0.1) is 6.20 Å². The summed E-state index contributed by atoms with van der Waals surface area (Å²) in [4.78, 5) is 0. The van der Waals surface area contributed by atoms with Crippen molar-refractivity contribution in [3.63, 3.8) is 0 Å². The molecule has 3 heteroatoms. The largest absolute Gasteiger partial charge is 0.312 e. The fourth-order valence-corrected chi connectivity index (χ4v) is 1.49. The first-order chi connectivity index (χ1) is 6.27. The van der Waals surface area contributed by atoms with E-state index in [4.69, 9.17) is 23.2 Å². The van der Waals surface area contributed by atoms with Crippen molar-refractivity contribution in [2.75, 3.05) is 0 Å². The smallest absolute Gasteiger partial charge is 0.0713 e. The van der Waals surface area contributed by atoms with E-state index in [9.17, 15) is 0 Å². The van der Waals surface area contributed by atoms with Crippen LogP contribution in [0.3, 0.4) is 0 Å². The predicted octanol–water partition coefficient (Wildman–Crippen LogP) is 3.58. The van der Waals surface area contributed by atoms with E-state index in [2.05, 4.69) is 6.20 Å². The molecule has 0 saturated carbocycles. The summed E-state index contributed by atoms with van der Waals surface area (Å²) in [7, 11) is 0. The maximum atomic E-state index is 5.98. The molecule has 0 aliphatic carbocycles. The molecule has 1 nitrogen and oxygen atoms in total. The van der Waals surface area contributed by atoms with E-state index in [1.165, 1.54) is 0 Å². The zero-order valence-electron chi connectivity index (χ0n) is 6.67. The number of nitrogens with zero attached hydrogens (tertiary/aromatic N) is 1. The molecule has 0 saturated heterocycles.